The summed E-state index contributed by atoms with van der Waals surface area (Å²) < 4.78 is 10.3. The van der Waals surface area contributed by atoms with Gasteiger partial charge in [0, 0.05) is 29.4 Å². The van der Waals surface area contributed by atoms with Crippen molar-refractivity contribution in [2.75, 3.05) is 6.61 Å². The van der Waals surface area contributed by atoms with E-state index in [4.69, 9.17) is 9.47 Å². The third-order valence-electron chi connectivity index (χ3n) is 5.58. The molecule has 1 heterocycles. The molecular formula is C27H31N3O6. The van der Waals surface area contributed by atoms with E-state index in [-0.39, 0.29) is 19.6 Å². The Labute approximate surface area is 209 Å². The molecule has 0 aliphatic heterocycles. The van der Waals surface area contributed by atoms with Crippen molar-refractivity contribution in [3.63, 3.8) is 0 Å². The van der Waals surface area contributed by atoms with E-state index in [1.807, 2.05) is 54.6 Å². The fourth-order valence-corrected chi connectivity index (χ4v) is 3.68. The molecule has 9 heteroatoms. The minimum absolute atomic E-state index is 0.0192. The Hall–Kier alpha value is -4.14. The minimum Gasteiger partial charge on any atom is -0.464 e. The number of nitrogens with one attached hydrogen (secondary N) is 3. The molecule has 0 saturated carbocycles. The average Bonchev–Trinajstić information content (AvgIpc) is 3.28. The van der Waals surface area contributed by atoms with Crippen molar-refractivity contribution in [1.29, 1.82) is 0 Å². The number of para-hydroxylation sites is 1. The molecule has 190 valence electrons. The quantitative estimate of drug-likeness (QED) is 0.278. The first-order valence-corrected chi connectivity index (χ1v) is 11.8. The van der Waals surface area contributed by atoms with Crippen molar-refractivity contribution in [3.8, 4) is 0 Å². The Bertz CT molecular complexity index is 1200. The summed E-state index contributed by atoms with van der Waals surface area (Å²) in [5, 5.41) is 5.95. The summed E-state index contributed by atoms with van der Waals surface area (Å²) in [5.41, 5.74) is 2.44. The van der Waals surface area contributed by atoms with Crippen molar-refractivity contribution < 1.29 is 28.7 Å². The van der Waals surface area contributed by atoms with Crippen LogP contribution in [0.4, 0.5) is 4.79 Å². The van der Waals surface area contributed by atoms with Crippen LogP contribution >= 0.6 is 0 Å². The van der Waals surface area contributed by atoms with Gasteiger partial charge in [0.1, 0.15) is 12.6 Å². The molecule has 9 nitrogen and oxygen atoms in total. The number of carbonyl (C=O) groups excluding carboxylic acids is 4. The number of aromatic nitrogens is 1. The molecule has 3 rings (SSSR count). The number of hydrogen-bond donors (Lipinski definition) is 3. The molecular weight excluding hydrogens is 462 g/mol. The lowest BCUT2D eigenvalue weighted by atomic mass is 10.00. The number of alkyl carbamates (subject to hydrolysis) is 1. The minimum atomic E-state index is -1.48. The lowest BCUT2D eigenvalue weighted by Crippen LogP contribution is -2.56. The summed E-state index contributed by atoms with van der Waals surface area (Å²) in [6.07, 6.45) is 1.05. The summed E-state index contributed by atoms with van der Waals surface area (Å²) in [7, 11) is 0. The van der Waals surface area contributed by atoms with Gasteiger partial charge in [-0.15, -0.1) is 0 Å². The van der Waals surface area contributed by atoms with Gasteiger partial charge in [0.2, 0.25) is 5.91 Å². The highest BCUT2D eigenvalue weighted by molar-refractivity contribution is 6.07. The predicted molar refractivity (Wildman–Crippen MR) is 134 cm³/mol. The van der Waals surface area contributed by atoms with Crippen LogP contribution in [0, 0.1) is 5.92 Å². The van der Waals surface area contributed by atoms with Gasteiger partial charge in [-0.05, 0) is 24.1 Å². The maximum Gasteiger partial charge on any atom is 0.408 e. The highest BCUT2D eigenvalue weighted by Crippen LogP contribution is 2.19. The summed E-state index contributed by atoms with van der Waals surface area (Å²) in [5.74, 6) is -2.55. The van der Waals surface area contributed by atoms with Crippen molar-refractivity contribution >= 4 is 34.7 Å². The van der Waals surface area contributed by atoms with Crippen LogP contribution in [0.5, 0.6) is 0 Å². The molecule has 0 aliphatic rings. The van der Waals surface area contributed by atoms with Gasteiger partial charge in [-0.2, -0.15) is 0 Å². The zero-order valence-electron chi connectivity index (χ0n) is 20.6. The molecule has 0 radical (unpaired) electrons. The van der Waals surface area contributed by atoms with Gasteiger partial charge in [0.25, 0.3) is 0 Å². The number of fused-ring (bicyclic) bond motifs is 1. The van der Waals surface area contributed by atoms with Crippen LogP contribution in [0.3, 0.4) is 0 Å². The highest BCUT2D eigenvalue weighted by atomic mass is 16.5. The molecule has 1 unspecified atom stereocenters. The van der Waals surface area contributed by atoms with Gasteiger partial charge in [-0.1, -0.05) is 62.4 Å². The zero-order valence-corrected chi connectivity index (χ0v) is 20.6. The number of benzene rings is 2. The Morgan fingerprint density at radius 2 is 1.61 bits per heavy atom. The lowest BCUT2D eigenvalue weighted by Gasteiger charge is -2.22. The van der Waals surface area contributed by atoms with E-state index in [9.17, 15) is 19.2 Å². The van der Waals surface area contributed by atoms with Crippen LogP contribution < -0.4 is 10.6 Å². The lowest BCUT2D eigenvalue weighted by molar-refractivity contribution is -0.151. The van der Waals surface area contributed by atoms with E-state index in [1.165, 1.54) is 0 Å². The number of carbonyl (C=O) groups is 4. The first-order valence-electron chi connectivity index (χ1n) is 11.8. The fraction of sp³-hybridized carbons (Fsp3) is 0.333. The van der Waals surface area contributed by atoms with E-state index >= 15 is 0 Å². The third-order valence-corrected chi connectivity index (χ3v) is 5.58. The number of H-pyrrole nitrogens is 1. The fourth-order valence-electron chi connectivity index (χ4n) is 3.68. The largest absolute Gasteiger partial charge is 0.464 e. The van der Waals surface area contributed by atoms with E-state index in [2.05, 4.69) is 15.6 Å². The Kier molecular flexibility index (Phi) is 9.21. The number of ether oxygens (including phenoxy) is 2. The van der Waals surface area contributed by atoms with Gasteiger partial charge in [-0.25, -0.2) is 9.59 Å². The third kappa shape index (κ3) is 6.94. The molecule has 2 aromatic carbocycles. The number of Topliss-reactive ketones (excluding diaryl/α,β-unsaturated/α-hetero) is 1. The molecule has 0 bridgehead atoms. The normalized spacial score (nSPS) is 12.6. The smallest absolute Gasteiger partial charge is 0.408 e. The number of hydrogen-bond acceptors (Lipinski definition) is 6. The molecule has 2 atom stereocenters. The molecule has 36 heavy (non-hydrogen) atoms. The van der Waals surface area contributed by atoms with Crippen LogP contribution in [0.25, 0.3) is 10.9 Å². The summed E-state index contributed by atoms with van der Waals surface area (Å²) in [4.78, 5) is 54.2. The highest BCUT2D eigenvalue weighted by Gasteiger charge is 2.34. The summed E-state index contributed by atoms with van der Waals surface area (Å²) in [6.45, 7) is 4.94. The van der Waals surface area contributed by atoms with Crippen molar-refractivity contribution in [3.05, 3.63) is 71.9 Å². The molecule has 1 aromatic heterocycles. The Morgan fingerprint density at radius 3 is 2.31 bits per heavy atom. The zero-order chi connectivity index (χ0) is 26.1. The average molecular weight is 494 g/mol. The molecule has 0 aliphatic carbocycles. The molecule has 3 N–H and O–H groups in total. The first-order chi connectivity index (χ1) is 17.3. The number of aromatic amines is 1. The van der Waals surface area contributed by atoms with Crippen LogP contribution in [-0.4, -0.2) is 47.4 Å². The monoisotopic (exact) mass is 493 g/mol. The number of amides is 2. The SMILES string of the molecule is CCOC(=O)C(NC(=O)[C@@H](Cc1c[nH]c2ccccc12)NC(=O)OCc1ccccc1)C(=O)C(C)C. The summed E-state index contributed by atoms with van der Waals surface area (Å²) in [6, 6.07) is 14.1. The molecule has 3 aromatic rings. The topological polar surface area (TPSA) is 127 Å². The number of rotatable bonds is 11. The number of esters is 1. The molecule has 0 fully saturated rings. The van der Waals surface area contributed by atoms with Crippen LogP contribution in [0.2, 0.25) is 0 Å². The van der Waals surface area contributed by atoms with E-state index < -0.39 is 41.8 Å². The molecule has 0 saturated heterocycles. The standard InChI is InChI=1S/C27H31N3O6/c1-4-35-26(33)23(24(31)17(2)3)30-25(32)22(14-19-15-28-21-13-9-8-12-20(19)21)29-27(34)36-16-18-10-6-5-7-11-18/h5-13,15,17,22-23,28H,4,14,16H2,1-3H3,(H,29,34)(H,30,32)/t22-,23?/m1/s1. The van der Waals surface area contributed by atoms with E-state index in [0.29, 0.717) is 0 Å². The first kappa shape index (κ1) is 26.5. The number of ketones is 1. The summed E-state index contributed by atoms with van der Waals surface area (Å²) >= 11 is 0. The van der Waals surface area contributed by atoms with Crippen molar-refractivity contribution in [2.45, 2.75) is 45.9 Å². The van der Waals surface area contributed by atoms with Crippen LogP contribution in [0.15, 0.2) is 60.8 Å². The van der Waals surface area contributed by atoms with Gasteiger partial charge < -0.3 is 25.1 Å². The van der Waals surface area contributed by atoms with Gasteiger partial charge >= 0.3 is 12.1 Å². The van der Waals surface area contributed by atoms with E-state index in [0.717, 1.165) is 22.0 Å². The predicted octanol–water partition coefficient (Wildman–Crippen LogP) is 3.28. The van der Waals surface area contributed by atoms with Gasteiger partial charge in [0.05, 0.1) is 6.61 Å². The second kappa shape index (κ2) is 12.5. The maximum absolute atomic E-state index is 13.3. The van der Waals surface area contributed by atoms with E-state index in [1.54, 1.807) is 27.0 Å². The molecule has 0 spiro atoms. The maximum atomic E-state index is 13.3. The van der Waals surface area contributed by atoms with Crippen LogP contribution in [0.1, 0.15) is 31.9 Å². The van der Waals surface area contributed by atoms with Crippen molar-refractivity contribution in [1.82, 2.24) is 15.6 Å². The van der Waals surface area contributed by atoms with Gasteiger partial charge in [0.15, 0.2) is 11.8 Å². The second-order valence-corrected chi connectivity index (χ2v) is 8.57. The van der Waals surface area contributed by atoms with Crippen molar-refractivity contribution in [2.24, 2.45) is 5.92 Å². The Balaban J connectivity index is 1.80. The van der Waals surface area contributed by atoms with Crippen LogP contribution in [-0.2, 0) is 36.9 Å². The molecule has 2 amide bonds. The Morgan fingerprint density at radius 1 is 0.917 bits per heavy atom. The second-order valence-electron chi connectivity index (χ2n) is 8.57. The van der Waals surface area contributed by atoms with Gasteiger partial charge in [-0.3, -0.25) is 9.59 Å².